The first-order valence-corrected chi connectivity index (χ1v) is 9.85. The zero-order valence-electron chi connectivity index (χ0n) is 15.7. The number of fused-ring (bicyclic) bond motifs is 1. The standard InChI is InChI=1S/C20H17ClN2O5S/c1-3-28-19(26)12-8-9-15-16(10-12)29-20(23(15)11-17(24)27-2)22-18(25)13-6-4-5-7-14(13)21/h4-10H,3,11H2,1-2H3. The van der Waals surface area contributed by atoms with E-state index in [1.807, 2.05) is 0 Å². The van der Waals surface area contributed by atoms with Gasteiger partial charge in [-0.15, -0.1) is 0 Å². The molecule has 0 aliphatic rings. The van der Waals surface area contributed by atoms with E-state index in [-0.39, 0.29) is 28.5 Å². The van der Waals surface area contributed by atoms with Gasteiger partial charge in [-0.25, -0.2) is 4.79 Å². The van der Waals surface area contributed by atoms with Crippen molar-refractivity contribution >= 4 is 51.0 Å². The summed E-state index contributed by atoms with van der Waals surface area (Å²) >= 11 is 7.26. The molecule has 0 aliphatic heterocycles. The first kappa shape index (κ1) is 20.8. The normalized spacial score (nSPS) is 11.5. The van der Waals surface area contributed by atoms with Crippen LogP contribution in [0.3, 0.4) is 0 Å². The Morgan fingerprint density at radius 3 is 2.62 bits per heavy atom. The number of thiazole rings is 1. The number of hydrogen-bond donors (Lipinski definition) is 0. The molecular weight excluding hydrogens is 416 g/mol. The van der Waals surface area contributed by atoms with Gasteiger partial charge in [0.2, 0.25) is 0 Å². The zero-order valence-corrected chi connectivity index (χ0v) is 17.2. The molecule has 150 valence electrons. The Hall–Kier alpha value is -2.97. The van der Waals surface area contributed by atoms with E-state index in [0.717, 1.165) is 0 Å². The molecule has 0 saturated heterocycles. The van der Waals surface area contributed by atoms with Gasteiger partial charge in [0, 0.05) is 0 Å². The van der Waals surface area contributed by atoms with E-state index in [1.165, 1.54) is 18.4 Å². The van der Waals surface area contributed by atoms with E-state index >= 15 is 0 Å². The highest BCUT2D eigenvalue weighted by molar-refractivity contribution is 7.16. The lowest BCUT2D eigenvalue weighted by atomic mass is 10.2. The number of hydrogen-bond acceptors (Lipinski definition) is 6. The van der Waals surface area contributed by atoms with Gasteiger partial charge in [-0.2, -0.15) is 4.99 Å². The zero-order chi connectivity index (χ0) is 21.0. The monoisotopic (exact) mass is 432 g/mol. The topological polar surface area (TPSA) is 87.0 Å². The third-order valence-corrected chi connectivity index (χ3v) is 5.38. The summed E-state index contributed by atoms with van der Waals surface area (Å²) in [6.07, 6.45) is 0. The summed E-state index contributed by atoms with van der Waals surface area (Å²) in [5.41, 5.74) is 1.26. The molecule has 1 heterocycles. The van der Waals surface area contributed by atoms with Crippen molar-refractivity contribution in [3.8, 4) is 0 Å². The van der Waals surface area contributed by atoms with Crippen LogP contribution >= 0.6 is 22.9 Å². The molecule has 3 aromatic rings. The quantitative estimate of drug-likeness (QED) is 0.576. The number of carbonyl (C=O) groups is 3. The number of carbonyl (C=O) groups excluding carboxylic acids is 3. The SMILES string of the molecule is CCOC(=O)c1ccc2c(c1)sc(=NC(=O)c1ccccc1Cl)n2CC(=O)OC. The molecule has 1 aromatic heterocycles. The fourth-order valence-corrected chi connectivity index (χ4v) is 3.91. The van der Waals surface area contributed by atoms with Crippen LogP contribution in [0.1, 0.15) is 27.6 Å². The Morgan fingerprint density at radius 2 is 1.93 bits per heavy atom. The van der Waals surface area contributed by atoms with Gasteiger partial charge in [0.05, 0.1) is 40.1 Å². The Kier molecular flexibility index (Phi) is 6.46. The highest BCUT2D eigenvalue weighted by Gasteiger charge is 2.16. The number of rotatable bonds is 5. The fourth-order valence-electron chi connectivity index (χ4n) is 2.63. The minimum Gasteiger partial charge on any atom is -0.468 e. The molecule has 0 spiro atoms. The van der Waals surface area contributed by atoms with Crippen LogP contribution in [0.15, 0.2) is 47.5 Å². The van der Waals surface area contributed by atoms with Crippen LogP contribution < -0.4 is 4.80 Å². The van der Waals surface area contributed by atoms with Crippen LogP contribution in [0.2, 0.25) is 5.02 Å². The Labute approximate surface area is 175 Å². The van der Waals surface area contributed by atoms with E-state index in [9.17, 15) is 14.4 Å². The van der Waals surface area contributed by atoms with Crippen molar-refractivity contribution in [2.75, 3.05) is 13.7 Å². The maximum absolute atomic E-state index is 12.6. The minimum absolute atomic E-state index is 0.135. The second-order valence-corrected chi connectivity index (χ2v) is 7.26. The molecule has 7 nitrogen and oxygen atoms in total. The molecule has 0 fully saturated rings. The van der Waals surface area contributed by atoms with Crippen LogP contribution in [0.5, 0.6) is 0 Å². The van der Waals surface area contributed by atoms with Crippen molar-refractivity contribution in [3.63, 3.8) is 0 Å². The molecule has 0 unspecified atom stereocenters. The van der Waals surface area contributed by atoms with Crippen molar-refractivity contribution in [1.29, 1.82) is 0 Å². The highest BCUT2D eigenvalue weighted by Crippen LogP contribution is 2.21. The average Bonchev–Trinajstić information content (AvgIpc) is 3.04. The highest BCUT2D eigenvalue weighted by atomic mass is 35.5. The van der Waals surface area contributed by atoms with Gasteiger partial charge in [0.1, 0.15) is 6.54 Å². The number of methoxy groups -OCH3 is 1. The molecule has 9 heteroatoms. The van der Waals surface area contributed by atoms with Crippen LogP contribution in [-0.2, 0) is 20.8 Å². The molecule has 0 bridgehead atoms. The van der Waals surface area contributed by atoms with Gasteiger partial charge in [-0.3, -0.25) is 9.59 Å². The van der Waals surface area contributed by atoms with Crippen LogP contribution in [-0.4, -0.2) is 36.1 Å². The number of nitrogens with zero attached hydrogens (tertiary/aromatic N) is 2. The maximum Gasteiger partial charge on any atom is 0.338 e. The molecule has 0 saturated carbocycles. The molecule has 29 heavy (non-hydrogen) atoms. The van der Waals surface area contributed by atoms with E-state index in [2.05, 4.69) is 4.99 Å². The predicted molar refractivity (Wildman–Crippen MR) is 109 cm³/mol. The van der Waals surface area contributed by atoms with E-state index < -0.39 is 17.8 Å². The van der Waals surface area contributed by atoms with Gasteiger partial charge in [-0.05, 0) is 37.3 Å². The summed E-state index contributed by atoms with van der Waals surface area (Å²) in [5, 5.41) is 0.284. The summed E-state index contributed by atoms with van der Waals surface area (Å²) in [5.74, 6) is -1.48. The third kappa shape index (κ3) is 4.55. The molecule has 2 aromatic carbocycles. The molecular formula is C20H17ClN2O5S. The van der Waals surface area contributed by atoms with Crippen molar-refractivity contribution in [2.45, 2.75) is 13.5 Å². The summed E-state index contributed by atoms with van der Waals surface area (Å²) in [4.78, 5) is 41.0. The Morgan fingerprint density at radius 1 is 1.17 bits per heavy atom. The Bertz CT molecular complexity index is 1170. The minimum atomic E-state index is -0.536. The van der Waals surface area contributed by atoms with E-state index in [4.69, 9.17) is 21.1 Å². The first-order chi connectivity index (χ1) is 13.9. The van der Waals surface area contributed by atoms with Crippen LogP contribution in [0, 0.1) is 0 Å². The second kappa shape index (κ2) is 9.02. The van der Waals surface area contributed by atoms with Crippen molar-refractivity contribution in [1.82, 2.24) is 4.57 Å². The van der Waals surface area contributed by atoms with Crippen LogP contribution in [0.25, 0.3) is 10.2 Å². The molecule has 1 amide bonds. The number of benzene rings is 2. The Balaban J connectivity index is 2.14. The lowest BCUT2D eigenvalue weighted by molar-refractivity contribution is -0.141. The number of ether oxygens (including phenoxy) is 2. The molecule has 0 atom stereocenters. The van der Waals surface area contributed by atoms with Crippen molar-refractivity contribution < 1.29 is 23.9 Å². The largest absolute Gasteiger partial charge is 0.468 e. The average molecular weight is 433 g/mol. The fraction of sp³-hybridized carbons (Fsp3) is 0.200. The predicted octanol–water partition coefficient (Wildman–Crippen LogP) is 3.45. The van der Waals surface area contributed by atoms with Gasteiger partial charge in [0.25, 0.3) is 5.91 Å². The molecule has 3 rings (SSSR count). The summed E-state index contributed by atoms with van der Waals surface area (Å²) in [6.45, 7) is 1.85. The number of halogens is 1. The first-order valence-electron chi connectivity index (χ1n) is 8.65. The summed E-state index contributed by atoms with van der Waals surface area (Å²) in [7, 11) is 1.28. The third-order valence-electron chi connectivity index (χ3n) is 4.01. The smallest absolute Gasteiger partial charge is 0.338 e. The van der Waals surface area contributed by atoms with E-state index in [0.29, 0.717) is 15.8 Å². The summed E-state index contributed by atoms with van der Waals surface area (Å²) < 4.78 is 12.0. The number of aromatic nitrogens is 1. The molecule has 0 N–H and O–H groups in total. The maximum atomic E-state index is 12.6. The second-order valence-electron chi connectivity index (χ2n) is 5.85. The lowest BCUT2D eigenvalue weighted by Gasteiger charge is -2.05. The van der Waals surface area contributed by atoms with Crippen LogP contribution in [0.4, 0.5) is 0 Å². The van der Waals surface area contributed by atoms with Gasteiger partial charge < -0.3 is 14.0 Å². The van der Waals surface area contributed by atoms with E-state index in [1.54, 1.807) is 54.0 Å². The van der Waals surface area contributed by atoms with Crippen molar-refractivity contribution in [2.24, 2.45) is 4.99 Å². The lowest BCUT2D eigenvalue weighted by Crippen LogP contribution is -2.22. The molecule has 0 aliphatic carbocycles. The number of esters is 2. The van der Waals surface area contributed by atoms with Gasteiger partial charge >= 0.3 is 11.9 Å². The van der Waals surface area contributed by atoms with Crippen molar-refractivity contribution in [3.05, 3.63) is 63.4 Å². The van der Waals surface area contributed by atoms with Gasteiger partial charge in [-0.1, -0.05) is 35.1 Å². The number of amides is 1. The molecule has 0 radical (unpaired) electrons. The van der Waals surface area contributed by atoms with Gasteiger partial charge in [0.15, 0.2) is 4.80 Å². The summed E-state index contributed by atoms with van der Waals surface area (Å²) in [6, 6.07) is 11.5.